The summed E-state index contributed by atoms with van der Waals surface area (Å²) in [5.74, 6) is -1.10. The SMILES string of the molecule is Cc1ncsc1CCC(=O)N[C@@H]1CCOC[C@H]1OCC(=O)O. The fourth-order valence-corrected chi connectivity index (χ4v) is 3.07. The second-order valence-electron chi connectivity index (χ2n) is 5.14. The standard InChI is InChI=1S/C14H20N2O5S/c1-9-12(22-8-15-9)2-3-13(17)16-10-4-5-20-6-11(10)21-7-14(18)19/h8,10-11H,2-7H2,1H3,(H,16,17)(H,18,19)/t10-,11-/m1/s1. The summed E-state index contributed by atoms with van der Waals surface area (Å²) >= 11 is 1.55. The molecule has 0 aliphatic carbocycles. The maximum absolute atomic E-state index is 12.1. The number of aryl methyl sites for hydroxylation is 2. The molecule has 22 heavy (non-hydrogen) atoms. The number of hydrogen-bond acceptors (Lipinski definition) is 6. The molecule has 0 radical (unpaired) electrons. The summed E-state index contributed by atoms with van der Waals surface area (Å²) < 4.78 is 10.6. The van der Waals surface area contributed by atoms with Crippen LogP contribution < -0.4 is 5.32 Å². The lowest BCUT2D eigenvalue weighted by Gasteiger charge is -2.31. The van der Waals surface area contributed by atoms with Crippen molar-refractivity contribution in [1.29, 1.82) is 0 Å². The molecule has 1 amide bonds. The third-order valence-electron chi connectivity index (χ3n) is 3.50. The molecular formula is C14H20N2O5S. The van der Waals surface area contributed by atoms with Crippen LogP contribution in [0.25, 0.3) is 0 Å². The van der Waals surface area contributed by atoms with Gasteiger partial charge < -0.3 is 19.9 Å². The zero-order valence-electron chi connectivity index (χ0n) is 12.4. The number of rotatable bonds is 7. The van der Waals surface area contributed by atoms with Gasteiger partial charge >= 0.3 is 5.97 Å². The molecule has 0 saturated carbocycles. The van der Waals surface area contributed by atoms with Crippen molar-refractivity contribution in [3.63, 3.8) is 0 Å². The summed E-state index contributed by atoms with van der Waals surface area (Å²) in [6, 6.07) is -0.205. The minimum atomic E-state index is -1.03. The summed E-state index contributed by atoms with van der Waals surface area (Å²) in [5, 5.41) is 11.6. The lowest BCUT2D eigenvalue weighted by molar-refractivity contribution is -0.149. The van der Waals surface area contributed by atoms with Crippen molar-refractivity contribution in [1.82, 2.24) is 10.3 Å². The van der Waals surface area contributed by atoms with Gasteiger partial charge in [0.1, 0.15) is 12.7 Å². The van der Waals surface area contributed by atoms with Crippen LogP contribution in [0.2, 0.25) is 0 Å². The highest BCUT2D eigenvalue weighted by Crippen LogP contribution is 2.15. The number of nitrogens with one attached hydrogen (secondary N) is 1. The third-order valence-corrected chi connectivity index (χ3v) is 4.49. The van der Waals surface area contributed by atoms with Gasteiger partial charge in [-0.3, -0.25) is 4.79 Å². The number of hydrogen-bond donors (Lipinski definition) is 2. The predicted octanol–water partition coefficient (Wildman–Crippen LogP) is 0.759. The van der Waals surface area contributed by atoms with Gasteiger partial charge in [-0.25, -0.2) is 9.78 Å². The van der Waals surface area contributed by atoms with Gasteiger partial charge in [-0.15, -0.1) is 11.3 Å². The average Bonchev–Trinajstić information content (AvgIpc) is 2.89. The van der Waals surface area contributed by atoms with E-state index in [4.69, 9.17) is 14.6 Å². The first-order chi connectivity index (χ1) is 10.6. The van der Waals surface area contributed by atoms with Crippen LogP contribution >= 0.6 is 11.3 Å². The van der Waals surface area contributed by atoms with Gasteiger partial charge in [0.05, 0.1) is 23.9 Å². The molecule has 1 saturated heterocycles. The second-order valence-corrected chi connectivity index (χ2v) is 6.08. The molecular weight excluding hydrogens is 308 g/mol. The number of carboxylic acid groups (broad SMARTS) is 1. The van der Waals surface area contributed by atoms with Crippen LogP contribution in [0.3, 0.4) is 0 Å². The Balaban J connectivity index is 1.80. The smallest absolute Gasteiger partial charge is 0.329 e. The highest BCUT2D eigenvalue weighted by molar-refractivity contribution is 7.09. The van der Waals surface area contributed by atoms with Crippen molar-refractivity contribution in [2.75, 3.05) is 19.8 Å². The Labute approximate surface area is 132 Å². The predicted molar refractivity (Wildman–Crippen MR) is 79.9 cm³/mol. The van der Waals surface area contributed by atoms with Gasteiger partial charge in [-0.2, -0.15) is 0 Å². The molecule has 0 spiro atoms. The van der Waals surface area contributed by atoms with Gasteiger partial charge in [0.15, 0.2) is 0 Å². The number of carbonyl (C=O) groups is 2. The van der Waals surface area contributed by atoms with Crippen molar-refractivity contribution in [3.8, 4) is 0 Å². The van der Waals surface area contributed by atoms with Crippen molar-refractivity contribution in [2.45, 2.75) is 38.3 Å². The Kier molecular flexibility index (Phi) is 6.29. The normalized spacial score (nSPS) is 21.5. The van der Waals surface area contributed by atoms with E-state index in [0.717, 1.165) is 10.6 Å². The molecule has 0 bridgehead atoms. The highest BCUT2D eigenvalue weighted by atomic mass is 32.1. The van der Waals surface area contributed by atoms with Crippen molar-refractivity contribution >= 4 is 23.2 Å². The molecule has 7 nitrogen and oxygen atoms in total. The zero-order valence-corrected chi connectivity index (χ0v) is 13.2. The van der Waals surface area contributed by atoms with Crippen LogP contribution in [0.1, 0.15) is 23.4 Å². The van der Waals surface area contributed by atoms with E-state index in [1.54, 1.807) is 16.8 Å². The van der Waals surface area contributed by atoms with Gasteiger partial charge in [0.25, 0.3) is 0 Å². The van der Waals surface area contributed by atoms with E-state index in [9.17, 15) is 9.59 Å². The van der Waals surface area contributed by atoms with E-state index in [1.807, 2.05) is 6.92 Å². The van der Waals surface area contributed by atoms with Crippen LogP contribution in [0, 0.1) is 6.92 Å². The number of ether oxygens (including phenoxy) is 2. The van der Waals surface area contributed by atoms with Gasteiger partial charge in [0, 0.05) is 17.9 Å². The van der Waals surface area contributed by atoms with Crippen LogP contribution in [-0.2, 0) is 25.5 Å². The maximum atomic E-state index is 12.1. The molecule has 1 aliphatic rings. The summed E-state index contributed by atoms with van der Waals surface area (Å²) in [6.07, 6.45) is 1.24. The monoisotopic (exact) mass is 328 g/mol. The van der Waals surface area contributed by atoms with E-state index in [0.29, 0.717) is 32.5 Å². The summed E-state index contributed by atoms with van der Waals surface area (Å²) in [5.41, 5.74) is 2.74. The molecule has 1 fully saturated rings. The maximum Gasteiger partial charge on any atom is 0.329 e. The number of aliphatic carboxylic acids is 1. The van der Waals surface area contributed by atoms with Crippen molar-refractivity contribution < 1.29 is 24.2 Å². The van der Waals surface area contributed by atoms with Crippen LogP contribution in [0.4, 0.5) is 0 Å². The Bertz CT molecular complexity index is 519. The molecule has 2 heterocycles. The molecule has 0 aromatic carbocycles. The Morgan fingerprint density at radius 3 is 3.09 bits per heavy atom. The largest absolute Gasteiger partial charge is 0.480 e. The minimum Gasteiger partial charge on any atom is -0.480 e. The van der Waals surface area contributed by atoms with Crippen molar-refractivity contribution in [3.05, 3.63) is 16.1 Å². The van der Waals surface area contributed by atoms with E-state index < -0.39 is 12.1 Å². The van der Waals surface area contributed by atoms with Gasteiger partial charge in [-0.05, 0) is 19.8 Å². The molecule has 1 aromatic rings. The Morgan fingerprint density at radius 1 is 1.59 bits per heavy atom. The highest BCUT2D eigenvalue weighted by Gasteiger charge is 2.28. The molecule has 0 unspecified atom stereocenters. The number of carboxylic acids is 1. The number of aromatic nitrogens is 1. The summed E-state index contributed by atoms with van der Waals surface area (Å²) in [4.78, 5) is 27.9. The molecule has 1 aromatic heterocycles. The molecule has 2 rings (SSSR count). The lowest BCUT2D eigenvalue weighted by Crippen LogP contribution is -2.50. The van der Waals surface area contributed by atoms with Gasteiger partial charge in [0.2, 0.25) is 5.91 Å². The van der Waals surface area contributed by atoms with E-state index in [-0.39, 0.29) is 18.6 Å². The fraction of sp³-hybridized carbons (Fsp3) is 0.643. The number of thiazole rings is 1. The summed E-state index contributed by atoms with van der Waals surface area (Å²) in [7, 11) is 0. The molecule has 1 aliphatic heterocycles. The molecule has 122 valence electrons. The van der Waals surface area contributed by atoms with E-state index in [2.05, 4.69) is 10.3 Å². The third kappa shape index (κ3) is 5.04. The number of carbonyl (C=O) groups excluding carboxylic acids is 1. The Morgan fingerprint density at radius 2 is 2.41 bits per heavy atom. The zero-order chi connectivity index (χ0) is 15.9. The molecule has 8 heteroatoms. The van der Waals surface area contributed by atoms with Crippen molar-refractivity contribution in [2.24, 2.45) is 0 Å². The minimum absolute atomic E-state index is 0.0661. The average molecular weight is 328 g/mol. The first-order valence-corrected chi connectivity index (χ1v) is 8.03. The molecule has 2 atom stereocenters. The molecule has 2 N–H and O–H groups in total. The summed E-state index contributed by atoms with van der Waals surface area (Å²) in [6.45, 7) is 2.37. The topological polar surface area (TPSA) is 97.8 Å². The first-order valence-electron chi connectivity index (χ1n) is 7.15. The van der Waals surface area contributed by atoms with Gasteiger partial charge in [-0.1, -0.05) is 0 Å². The Hall–Kier alpha value is -1.51. The van der Waals surface area contributed by atoms with E-state index in [1.165, 1.54) is 0 Å². The quantitative estimate of drug-likeness (QED) is 0.767. The number of amides is 1. The van der Waals surface area contributed by atoms with Crippen LogP contribution in [-0.4, -0.2) is 53.9 Å². The second kappa shape index (κ2) is 8.21. The van der Waals surface area contributed by atoms with Crippen LogP contribution in [0.15, 0.2) is 5.51 Å². The fourth-order valence-electron chi connectivity index (χ4n) is 2.29. The first kappa shape index (κ1) is 16.9. The lowest BCUT2D eigenvalue weighted by atomic mass is 10.1. The number of nitrogens with zero attached hydrogens (tertiary/aromatic N) is 1. The van der Waals surface area contributed by atoms with E-state index >= 15 is 0 Å². The van der Waals surface area contributed by atoms with Crippen LogP contribution in [0.5, 0.6) is 0 Å².